The third-order valence-electron chi connectivity index (χ3n) is 3.86. The van der Waals surface area contributed by atoms with Crippen LogP contribution in [-0.4, -0.2) is 49.4 Å². The fourth-order valence-corrected chi connectivity index (χ4v) is 2.63. The number of likely N-dealkylation sites (N-methyl/N-ethyl adjacent to an activating group) is 1. The first-order valence-corrected chi connectivity index (χ1v) is 8.19. The van der Waals surface area contributed by atoms with Crippen LogP contribution < -0.4 is 4.90 Å². The van der Waals surface area contributed by atoms with Crippen molar-refractivity contribution in [3.8, 4) is 6.07 Å². The molecule has 2 rings (SSSR count). The molecule has 1 aromatic rings. The highest BCUT2D eigenvalue weighted by atomic mass is 35.5. The summed E-state index contributed by atoms with van der Waals surface area (Å²) in [4.78, 5) is 38.7. The number of esters is 1. The topological polar surface area (TPSA) is 90.7 Å². The van der Waals surface area contributed by atoms with Gasteiger partial charge in [-0.2, -0.15) is 5.26 Å². The van der Waals surface area contributed by atoms with Gasteiger partial charge in [0.1, 0.15) is 0 Å². The molecule has 0 saturated carbocycles. The zero-order valence-corrected chi connectivity index (χ0v) is 14.6. The second-order valence-electron chi connectivity index (χ2n) is 5.61. The normalized spacial score (nSPS) is 13.5. The van der Waals surface area contributed by atoms with Crippen LogP contribution in [0.4, 0.5) is 5.69 Å². The zero-order chi connectivity index (χ0) is 18.4. The Morgan fingerprint density at radius 1 is 1.44 bits per heavy atom. The number of carbonyl (C=O) groups excluding carboxylic acids is 3. The average Bonchev–Trinajstić information content (AvgIpc) is 3.03. The van der Waals surface area contributed by atoms with E-state index in [0.29, 0.717) is 23.7 Å². The Hall–Kier alpha value is -2.59. The van der Waals surface area contributed by atoms with Crippen molar-refractivity contribution in [2.24, 2.45) is 0 Å². The number of amides is 2. The van der Waals surface area contributed by atoms with E-state index in [1.54, 1.807) is 4.90 Å². The summed E-state index contributed by atoms with van der Waals surface area (Å²) >= 11 is 6.13. The minimum Gasteiger partial charge on any atom is -0.452 e. The van der Waals surface area contributed by atoms with E-state index in [4.69, 9.17) is 21.6 Å². The molecule has 1 fully saturated rings. The van der Waals surface area contributed by atoms with Gasteiger partial charge in [-0.15, -0.1) is 0 Å². The molecule has 0 N–H and O–H groups in total. The van der Waals surface area contributed by atoms with Gasteiger partial charge in [0.15, 0.2) is 6.61 Å². The number of nitrogens with zero attached hydrogens (tertiary/aromatic N) is 3. The summed E-state index contributed by atoms with van der Waals surface area (Å²) < 4.78 is 5.02. The maximum Gasteiger partial charge on any atom is 0.338 e. The molecule has 1 aliphatic rings. The second-order valence-corrected chi connectivity index (χ2v) is 6.02. The summed E-state index contributed by atoms with van der Waals surface area (Å²) in [6, 6.07) is 6.45. The number of anilines is 1. The lowest BCUT2D eigenvalue weighted by atomic mass is 10.2. The van der Waals surface area contributed by atoms with Crippen LogP contribution in [0, 0.1) is 11.3 Å². The van der Waals surface area contributed by atoms with Crippen molar-refractivity contribution in [3.63, 3.8) is 0 Å². The smallest absolute Gasteiger partial charge is 0.338 e. The number of rotatable bonds is 6. The van der Waals surface area contributed by atoms with Gasteiger partial charge < -0.3 is 14.5 Å². The summed E-state index contributed by atoms with van der Waals surface area (Å²) in [5, 5.41) is 8.88. The van der Waals surface area contributed by atoms with Gasteiger partial charge in [-0.05, 0) is 24.6 Å². The SMILES string of the molecule is CN(CCC#N)C(=O)COC(=O)c1ccc(Cl)c(N2CCCC2=O)c1. The summed E-state index contributed by atoms with van der Waals surface area (Å²) in [7, 11) is 1.53. The fraction of sp³-hybridized carbons (Fsp3) is 0.412. The van der Waals surface area contributed by atoms with Crippen molar-refractivity contribution < 1.29 is 19.1 Å². The molecule has 1 heterocycles. The van der Waals surface area contributed by atoms with Crippen LogP contribution in [0.2, 0.25) is 5.02 Å². The molecule has 1 aliphatic heterocycles. The van der Waals surface area contributed by atoms with Gasteiger partial charge in [0.25, 0.3) is 5.91 Å². The Bertz CT molecular complexity index is 729. The van der Waals surface area contributed by atoms with Gasteiger partial charge in [0, 0.05) is 26.6 Å². The van der Waals surface area contributed by atoms with Crippen LogP contribution in [0.15, 0.2) is 18.2 Å². The van der Waals surface area contributed by atoms with Crippen LogP contribution in [-0.2, 0) is 14.3 Å². The maximum absolute atomic E-state index is 12.2. The predicted octanol–water partition coefficient (Wildman–Crippen LogP) is 2.00. The first-order chi connectivity index (χ1) is 11.9. The number of halogens is 1. The van der Waals surface area contributed by atoms with Gasteiger partial charge in [-0.1, -0.05) is 11.6 Å². The number of hydrogen-bond acceptors (Lipinski definition) is 5. The second kappa shape index (κ2) is 8.49. The van der Waals surface area contributed by atoms with E-state index in [-0.39, 0.29) is 24.4 Å². The molecule has 1 aromatic carbocycles. The highest BCUT2D eigenvalue weighted by Gasteiger charge is 2.25. The van der Waals surface area contributed by atoms with E-state index in [0.717, 1.165) is 6.42 Å². The van der Waals surface area contributed by atoms with Gasteiger partial charge in [0.05, 0.1) is 28.8 Å². The van der Waals surface area contributed by atoms with Gasteiger partial charge in [0.2, 0.25) is 5.91 Å². The van der Waals surface area contributed by atoms with Gasteiger partial charge in [-0.3, -0.25) is 9.59 Å². The van der Waals surface area contributed by atoms with E-state index in [1.807, 2.05) is 6.07 Å². The minimum absolute atomic E-state index is 0.0401. The molecule has 25 heavy (non-hydrogen) atoms. The van der Waals surface area contributed by atoms with Gasteiger partial charge >= 0.3 is 5.97 Å². The van der Waals surface area contributed by atoms with Gasteiger partial charge in [-0.25, -0.2) is 4.79 Å². The van der Waals surface area contributed by atoms with Crippen molar-refractivity contribution in [3.05, 3.63) is 28.8 Å². The monoisotopic (exact) mass is 363 g/mol. The molecule has 132 valence electrons. The predicted molar refractivity (Wildman–Crippen MR) is 91.2 cm³/mol. The van der Waals surface area contributed by atoms with E-state index in [2.05, 4.69) is 0 Å². The average molecular weight is 364 g/mol. The molecule has 7 nitrogen and oxygen atoms in total. The molecule has 0 aromatic heterocycles. The number of ether oxygens (including phenoxy) is 1. The molecular formula is C17H18ClN3O4. The number of hydrogen-bond donors (Lipinski definition) is 0. The summed E-state index contributed by atoms with van der Waals surface area (Å²) in [5.74, 6) is -1.11. The third-order valence-corrected chi connectivity index (χ3v) is 4.18. The van der Waals surface area contributed by atoms with E-state index >= 15 is 0 Å². The standard InChI is InChI=1S/C17H18ClN3O4/c1-20(8-3-7-19)16(23)11-25-17(24)12-5-6-13(18)14(10-12)21-9-2-4-15(21)22/h5-6,10H,2-4,8-9,11H2,1H3. The lowest BCUT2D eigenvalue weighted by molar-refractivity contribution is -0.133. The molecule has 0 bridgehead atoms. The zero-order valence-electron chi connectivity index (χ0n) is 13.8. The first-order valence-electron chi connectivity index (χ1n) is 7.82. The van der Waals surface area contributed by atoms with Crippen molar-refractivity contribution >= 4 is 35.1 Å². The maximum atomic E-state index is 12.2. The Morgan fingerprint density at radius 2 is 2.20 bits per heavy atom. The Kier molecular flexibility index (Phi) is 6.37. The molecule has 0 spiro atoms. The minimum atomic E-state index is -0.674. The molecule has 0 radical (unpaired) electrons. The number of nitriles is 1. The molecule has 0 aliphatic carbocycles. The molecule has 2 amide bonds. The highest BCUT2D eigenvalue weighted by molar-refractivity contribution is 6.34. The van der Waals surface area contributed by atoms with Crippen LogP contribution in [0.1, 0.15) is 29.6 Å². The number of carbonyl (C=O) groups is 3. The van der Waals surface area contributed by atoms with Crippen LogP contribution >= 0.6 is 11.6 Å². The molecule has 1 saturated heterocycles. The van der Waals surface area contributed by atoms with Crippen molar-refractivity contribution in [1.29, 1.82) is 5.26 Å². The van der Waals surface area contributed by atoms with E-state index in [9.17, 15) is 14.4 Å². The van der Waals surface area contributed by atoms with Crippen LogP contribution in [0.25, 0.3) is 0 Å². The van der Waals surface area contributed by atoms with Crippen molar-refractivity contribution in [2.45, 2.75) is 19.3 Å². The Balaban J connectivity index is 2.01. The number of benzene rings is 1. The fourth-order valence-electron chi connectivity index (χ4n) is 2.41. The van der Waals surface area contributed by atoms with Crippen LogP contribution in [0.5, 0.6) is 0 Å². The van der Waals surface area contributed by atoms with E-state index < -0.39 is 18.5 Å². The largest absolute Gasteiger partial charge is 0.452 e. The summed E-state index contributed by atoms with van der Waals surface area (Å²) in [6.07, 6.45) is 1.41. The third kappa shape index (κ3) is 4.70. The quantitative estimate of drug-likeness (QED) is 0.721. The van der Waals surface area contributed by atoms with Crippen molar-refractivity contribution in [1.82, 2.24) is 4.90 Å². The molecule has 0 unspecified atom stereocenters. The highest BCUT2D eigenvalue weighted by Crippen LogP contribution is 2.30. The molecular weight excluding hydrogens is 346 g/mol. The Morgan fingerprint density at radius 3 is 2.84 bits per heavy atom. The lowest BCUT2D eigenvalue weighted by Crippen LogP contribution is -2.32. The summed E-state index contributed by atoms with van der Waals surface area (Å²) in [6.45, 7) is 0.412. The van der Waals surface area contributed by atoms with Crippen molar-refractivity contribution in [2.75, 3.05) is 31.6 Å². The lowest BCUT2D eigenvalue weighted by Gasteiger charge is -2.18. The Labute approximate surface area is 150 Å². The first kappa shape index (κ1) is 18.7. The summed E-state index contributed by atoms with van der Waals surface area (Å²) in [5.41, 5.74) is 0.683. The van der Waals surface area contributed by atoms with Crippen LogP contribution in [0.3, 0.4) is 0 Å². The molecule has 0 atom stereocenters. The van der Waals surface area contributed by atoms with E-state index in [1.165, 1.54) is 30.1 Å². The molecule has 8 heteroatoms.